The molecule has 1 aliphatic heterocycles. The lowest BCUT2D eigenvalue weighted by molar-refractivity contribution is -0.212. The maximum atomic E-state index is 12.7. The van der Waals surface area contributed by atoms with E-state index in [1.54, 1.807) is 38.5 Å². The first-order valence-electron chi connectivity index (χ1n) is 14.5. The topological polar surface area (TPSA) is 130 Å². The molecule has 2 N–H and O–H groups in total. The Hall–Kier alpha value is -4.47. The van der Waals surface area contributed by atoms with Crippen LogP contribution in [0.5, 0.6) is 11.5 Å². The van der Waals surface area contributed by atoms with E-state index in [-0.39, 0.29) is 6.61 Å². The Morgan fingerprint density at radius 1 is 0.851 bits per heavy atom. The summed E-state index contributed by atoms with van der Waals surface area (Å²) in [5.74, 6) is 1.23. The second-order valence-electron chi connectivity index (χ2n) is 10.6. The average Bonchev–Trinajstić information content (AvgIpc) is 3.38. The van der Waals surface area contributed by atoms with Crippen LogP contribution in [-0.4, -0.2) is 73.4 Å². The van der Waals surface area contributed by atoms with Crippen LogP contribution < -0.4 is 20.7 Å². The predicted octanol–water partition coefficient (Wildman–Crippen LogP) is 3.74. The van der Waals surface area contributed by atoms with E-state index < -0.39 is 61.0 Å². The number of aromatic nitrogens is 2. The van der Waals surface area contributed by atoms with Crippen LogP contribution in [0.1, 0.15) is 22.9 Å². The molecule has 14 heteroatoms. The molecule has 1 aliphatic rings. The number of aromatic amines is 1. The van der Waals surface area contributed by atoms with Crippen molar-refractivity contribution in [2.75, 3.05) is 34.2 Å². The molecule has 1 fully saturated rings. The fourth-order valence-electron chi connectivity index (χ4n) is 5.45. The van der Waals surface area contributed by atoms with Gasteiger partial charge in [-0.1, -0.05) is 54.6 Å². The molecule has 11 nitrogen and oxygen atoms in total. The quantitative estimate of drug-likeness (QED) is 0.125. The van der Waals surface area contributed by atoms with Crippen molar-refractivity contribution >= 4 is 0 Å². The molecule has 3 aromatic carbocycles. The van der Waals surface area contributed by atoms with Gasteiger partial charge in [-0.3, -0.25) is 14.3 Å². The molecule has 0 bridgehead atoms. The first kappa shape index (κ1) is 33.9. The monoisotopic (exact) mass is 658 g/mol. The molecule has 1 aromatic heterocycles. The highest BCUT2D eigenvalue weighted by Crippen LogP contribution is 2.43. The van der Waals surface area contributed by atoms with Crippen LogP contribution >= 0.6 is 0 Å². The number of H-pyrrole nitrogens is 1. The highest BCUT2D eigenvalue weighted by molar-refractivity contribution is 5.49. The van der Waals surface area contributed by atoms with E-state index in [0.717, 1.165) is 22.4 Å². The van der Waals surface area contributed by atoms with E-state index in [4.69, 9.17) is 23.7 Å². The molecule has 47 heavy (non-hydrogen) atoms. The summed E-state index contributed by atoms with van der Waals surface area (Å²) < 4.78 is 72.7. The van der Waals surface area contributed by atoms with Crippen molar-refractivity contribution in [2.45, 2.75) is 36.3 Å². The minimum Gasteiger partial charge on any atom is -0.497 e. The van der Waals surface area contributed by atoms with Crippen molar-refractivity contribution in [1.82, 2.24) is 9.55 Å². The third kappa shape index (κ3) is 7.58. The average molecular weight is 659 g/mol. The zero-order chi connectivity index (χ0) is 33.6. The van der Waals surface area contributed by atoms with Gasteiger partial charge >= 0.3 is 11.9 Å². The molecule has 5 rings (SSSR count). The van der Waals surface area contributed by atoms with Crippen molar-refractivity contribution in [3.63, 3.8) is 0 Å². The van der Waals surface area contributed by atoms with E-state index in [1.807, 2.05) is 54.6 Å². The van der Waals surface area contributed by atoms with Crippen LogP contribution in [0.2, 0.25) is 0 Å². The normalized spacial score (nSPS) is 19.9. The minimum atomic E-state index is -4.61. The second-order valence-corrected chi connectivity index (χ2v) is 10.6. The molecule has 0 saturated carbocycles. The molecule has 4 atom stereocenters. The maximum Gasteiger partial charge on any atom is 0.411 e. The van der Waals surface area contributed by atoms with Crippen LogP contribution in [-0.2, 0) is 24.5 Å². The number of hydrogen-bond acceptors (Lipinski definition) is 9. The Bertz CT molecular complexity index is 1660. The number of aliphatic hydroxyl groups is 1. The van der Waals surface area contributed by atoms with Crippen molar-refractivity contribution in [3.05, 3.63) is 129 Å². The Morgan fingerprint density at radius 3 is 1.96 bits per heavy atom. The summed E-state index contributed by atoms with van der Waals surface area (Å²) in [5.41, 5.74) is -0.724. The van der Waals surface area contributed by atoms with Gasteiger partial charge in [0.15, 0.2) is 6.23 Å². The third-order valence-electron chi connectivity index (χ3n) is 7.69. The van der Waals surface area contributed by atoms with Gasteiger partial charge in [0.2, 0.25) is 0 Å². The van der Waals surface area contributed by atoms with Gasteiger partial charge in [-0.05, 0) is 41.0 Å². The molecule has 1 saturated heterocycles. The van der Waals surface area contributed by atoms with Gasteiger partial charge < -0.3 is 33.5 Å². The summed E-state index contributed by atoms with van der Waals surface area (Å²) in [5, 5.41) is 11.4. The molecular formula is C33H33F3N2O9. The predicted molar refractivity (Wildman–Crippen MR) is 161 cm³/mol. The number of rotatable bonds is 13. The number of methoxy groups -OCH3 is 2. The maximum absolute atomic E-state index is 12.7. The number of alkyl halides is 3. The first-order chi connectivity index (χ1) is 22.6. The van der Waals surface area contributed by atoms with Gasteiger partial charge in [0.25, 0.3) is 5.56 Å². The van der Waals surface area contributed by atoms with E-state index >= 15 is 0 Å². The fraction of sp³-hybridized carbons (Fsp3) is 0.333. The van der Waals surface area contributed by atoms with Crippen LogP contribution in [0, 0.1) is 0 Å². The van der Waals surface area contributed by atoms with Gasteiger partial charge in [0.1, 0.15) is 48.8 Å². The van der Waals surface area contributed by atoms with Gasteiger partial charge in [0, 0.05) is 12.3 Å². The zero-order valence-corrected chi connectivity index (χ0v) is 25.4. The number of hydrogen-bond donors (Lipinski definition) is 2. The Morgan fingerprint density at radius 2 is 1.43 bits per heavy atom. The minimum absolute atomic E-state index is 0.286. The number of ether oxygens (including phenoxy) is 6. The Balaban J connectivity index is 1.52. The van der Waals surface area contributed by atoms with Crippen molar-refractivity contribution in [2.24, 2.45) is 0 Å². The highest BCUT2D eigenvalue weighted by Gasteiger charge is 2.48. The van der Waals surface area contributed by atoms with Crippen LogP contribution in [0.4, 0.5) is 13.2 Å². The van der Waals surface area contributed by atoms with Crippen LogP contribution in [0.15, 0.2) is 101 Å². The molecule has 0 spiro atoms. The van der Waals surface area contributed by atoms with Gasteiger partial charge in [-0.25, -0.2) is 4.79 Å². The SMILES string of the molecule is COc1ccc(C(OC[C@H]2O[C@@H](n3ccc(=O)[nH]c3=O)[C@H](OCOCC(F)(F)F)[C@@H]2O)(c2ccccc2)c2ccc(OC)cc2)cc1. The van der Waals surface area contributed by atoms with Crippen molar-refractivity contribution < 1.29 is 46.7 Å². The summed E-state index contributed by atoms with van der Waals surface area (Å²) >= 11 is 0. The lowest BCUT2D eigenvalue weighted by atomic mass is 9.80. The molecule has 0 amide bonds. The van der Waals surface area contributed by atoms with Crippen LogP contribution in [0.3, 0.4) is 0 Å². The molecule has 2 heterocycles. The smallest absolute Gasteiger partial charge is 0.411 e. The summed E-state index contributed by atoms with van der Waals surface area (Å²) in [7, 11) is 3.10. The number of aliphatic hydroxyl groups excluding tert-OH is 1. The van der Waals surface area contributed by atoms with E-state index in [0.29, 0.717) is 22.6 Å². The third-order valence-corrected chi connectivity index (χ3v) is 7.69. The standard InChI is InChI=1S/C33H33F3N2O9/c1-42-24-12-8-22(9-13-24)33(21-6-4-3-5-7-21,23-10-14-25(43-2)15-11-23)46-18-26-28(40)29(45-20-44-19-32(34,35)36)30(47-26)38-17-16-27(39)37-31(38)41/h3-17,26,28-30,40H,18-20H2,1-2H3,(H,37,39,41)/t26-,28-,29-,30-/m1/s1. The number of benzene rings is 3. The van der Waals surface area contributed by atoms with Crippen molar-refractivity contribution in [1.29, 1.82) is 0 Å². The second kappa shape index (κ2) is 14.5. The number of halogens is 3. The first-order valence-corrected chi connectivity index (χ1v) is 14.5. The summed E-state index contributed by atoms with van der Waals surface area (Å²) in [6.07, 6.45) is -8.88. The van der Waals surface area contributed by atoms with Gasteiger partial charge in [0.05, 0.1) is 20.8 Å². The molecule has 0 aliphatic carbocycles. The largest absolute Gasteiger partial charge is 0.497 e. The lowest BCUT2D eigenvalue weighted by Crippen LogP contribution is -2.41. The number of nitrogens with one attached hydrogen (secondary N) is 1. The molecule has 0 radical (unpaired) electrons. The highest BCUT2D eigenvalue weighted by atomic mass is 19.4. The van der Waals surface area contributed by atoms with E-state index in [1.165, 1.54) is 0 Å². The molecule has 4 aromatic rings. The molecule has 0 unspecified atom stereocenters. The van der Waals surface area contributed by atoms with E-state index in [9.17, 15) is 27.9 Å². The van der Waals surface area contributed by atoms with E-state index in [2.05, 4.69) is 9.72 Å². The summed E-state index contributed by atoms with van der Waals surface area (Å²) in [6.45, 7) is -2.74. The molecular weight excluding hydrogens is 625 g/mol. The van der Waals surface area contributed by atoms with Gasteiger partial charge in [-0.15, -0.1) is 0 Å². The van der Waals surface area contributed by atoms with Crippen LogP contribution in [0.25, 0.3) is 0 Å². The van der Waals surface area contributed by atoms with Crippen molar-refractivity contribution in [3.8, 4) is 11.5 Å². The fourth-order valence-corrected chi connectivity index (χ4v) is 5.45. The molecule has 250 valence electrons. The summed E-state index contributed by atoms with van der Waals surface area (Å²) in [4.78, 5) is 26.5. The summed E-state index contributed by atoms with van der Waals surface area (Å²) in [6, 6.07) is 24.9. The zero-order valence-electron chi connectivity index (χ0n) is 25.4. The Kier molecular flexibility index (Phi) is 10.5. The van der Waals surface area contributed by atoms with Gasteiger partial charge in [-0.2, -0.15) is 13.2 Å². The Labute approximate surface area is 267 Å². The lowest BCUT2D eigenvalue weighted by Gasteiger charge is -2.37. The number of nitrogens with zero attached hydrogens (tertiary/aromatic N) is 1.